The lowest BCUT2D eigenvalue weighted by atomic mass is 9.89. The zero-order valence-electron chi connectivity index (χ0n) is 15.8. The van der Waals surface area contributed by atoms with Crippen molar-refractivity contribution in [2.24, 2.45) is 29.4 Å². The molecular weight excluding hydrogens is 310 g/mol. The Balaban J connectivity index is 1.90. The minimum absolute atomic E-state index is 0.125. The number of allylic oxidation sites excluding steroid dienone is 2. The Morgan fingerprint density at radius 2 is 2.12 bits per heavy atom. The fourth-order valence-electron chi connectivity index (χ4n) is 4.35. The van der Waals surface area contributed by atoms with Crippen LogP contribution in [0, 0.1) is 35.5 Å². The van der Waals surface area contributed by atoms with Crippen molar-refractivity contribution in [3.63, 3.8) is 0 Å². The lowest BCUT2D eigenvalue weighted by molar-refractivity contribution is 0.137. The molecule has 6 atom stereocenters. The first-order chi connectivity index (χ1) is 12.1. The predicted molar refractivity (Wildman–Crippen MR) is 104 cm³/mol. The molecule has 2 aliphatic rings. The number of rotatable bonds is 8. The van der Waals surface area contributed by atoms with Crippen LogP contribution in [0.15, 0.2) is 23.8 Å². The van der Waals surface area contributed by atoms with E-state index in [1.807, 2.05) is 19.9 Å². The molecule has 2 rings (SSSR count). The summed E-state index contributed by atoms with van der Waals surface area (Å²) in [5, 5.41) is 20.7. The molecule has 2 fully saturated rings. The van der Waals surface area contributed by atoms with Crippen molar-refractivity contribution < 1.29 is 10.2 Å². The third-order valence-electron chi connectivity index (χ3n) is 5.92. The Morgan fingerprint density at radius 3 is 2.84 bits per heavy atom. The first-order valence-corrected chi connectivity index (χ1v) is 9.88. The Kier molecular flexibility index (Phi) is 8.22. The largest absolute Gasteiger partial charge is 0.392 e. The number of hydrogen-bond acceptors (Lipinski definition) is 3. The van der Waals surface area contributed by atoms with Gasteiger partial charge in [0.2, 0.25) is 0 Å². The van der Waals surface area contributed by atoms with Crippen LogP contribution in [0.1, 0.15) is 58.8 Å². The predicted octanol–water partition coefficient (Wildman–Crippen LogP) is 3.42. The van der Waals surface area contributed by atoms with Gasteiger partial charge in [0, 0.05) is 12.3 Å². The first kappa shape index (κ1) is 20.2. The van der Waals surface area contributed by atoms with Crippen LogP contribution in [0.3, 0.4) is 0 Å². The highest BCUT2D eigenvalue weighted by Crippen LogP contribution is 2.50. The zero-order chi connectivity index (χ0) is 18.2. The lowest BCUT2D eigenvalue weighted by Crippen LogP contribution is -2.19. The molecule has 3 nitrogen and oxygen atoms in total. The van der Waals surface area contributed by atoms with Crippen molar-refractivity contribution in [3.05, 3.63) is 23.8 Å². The Bertz CT molecular complexity index is 528. The van der Waals surface area contributed by atoms with Crippen LogP contribution in [-0.2, 0) is 0 Å². The zero-order valence-corrected chi connectivity index (χ0v) is 15.8. The molecule has 0 bridgehead atoms. The van der Waals surface area contributed by atoms with E-state index in [1.54, 1.807) is 5.57 Å². The smallest absolute Gasteiger partial charge is 0.0755 e. The fourth-order valence-corrected chi connectivity index (χ4v) is 4.35. The lowest BCUT2D eigenvalue weighted by Gasteiger charge is -2.19. The molecule has 0 aromatic heterocycles. The number of fused-ring (bicyclic) bond motifs is 1. The molecule has 2 saturated carbocycles. The molecule has 0 aromatic carbocycles. The van der Waals surface area contributed by atoms with Crippen molar-refractivity contribution in [3.8, 4) is 11.8 Å². The fraction of sp³-hybridized carbons (Fsp3) is 0.727. The molecule has 0 saturated heterocycles. The van der Waals surface area contributed by atoms with Crippen LogP contribution in [0.25, 0.3) is 0 Å². The molecule has 140 valence electrons. The summed E-state index contributed by atoms with van der Waals surface area (Å²) in [6, 6.07) is 0. The van der Waals surface area contributed by atoms with Gasteiger partial charge in [0.25, 0.3) is 0 Å². The van der Waals surface area contributed by atoms with Crippen LogP contribution < -0.4 is 5.73 Å². The SMILES string of the molecule is CC#CC[C@H](C)[C@H](O)/C=C/[C@@H]1[C@H]2C/C(=C/CCCCN)C[C@H]2C[C@H]1O. The summed E-state index contributed by atoms with van der Waals surface area (Å²) in [5.41, 5.74) is 7.11. The minimum Gasteiger partial charge on any atom is -0.392 e. The van der Waals surface area contributed by atoms with E-state index in [1.165, 1.54) is 6.42 Å². The van der Waals surface area contributed by atoms with E-state index in [0.29, 0.717) is 18.3 Å². The van der Waals surface area contributed by atoms with Crippen molar-refractivity contribution in [2.45, 2.75) is 71.0 Å². The molecule has 0 heterocycles. The summed E-state index contributed by atoms with van der Waals surface area (Å²) < 4.78 is 0. The number of hydrogen-bond donors (Lipinski definition) is 3. The van der Waals surface area contributed by atoms with Crippen LogP contribution in [-0.4, -0.2) is 29.0 Å². The van der Waals surface area contributed by atoms with Gasteiger partial charge >= 0.3 is 0 Å². The average molecular weight is 346 g/mol. The van der Waals surface area contributed by atoms with Crippen molar-refractivity contribution in [1.82, 2.24) is 0 Å². The normalized spacial score (nSPS) is 32.6. The van der Waals surface area contributed by atoms with E-state index in [0.717, 1.165) is 38.6 Å². The van der Waals surface area contributed by atoms with Gasteiger partial charge in [0.05, 0.1) is 12.2 Å². The summed E-state index contributed by atoms with van der Waals surface area (Å²) in [6.07, 6.45) is 12.9. The molecule has 0 radical (unpaired) electrons. The van der Waals surface area contributed by atoms with Gasteiger partial charge in [0.15, 0.2) is 0 Å². The summed E-state index contributed by atoms with van der Waals surface area (Å²) in [5.74, 6) is 7.35. The van der Waals surface area contributed by atoms with E-state index in [4.69, 9.17) is 5.73 Å². The molecule has 25 heavy (non-hydrogen) atoms. The summed E-state index contributed by atoms with van der Waals surface area (Å²) in [6.45, 7) is 4.62. The molecule has 0 amide bonds. The average Bonchev–Trinajstić information content (AvgIpc) is 3.11. The highest BCUT2D eigenvalue weighted by molar-refractivity contribution is 5.18. The van der Waals surface area contributed by atoms with E-state index in [-0.39, 0.29) is 17.9 Å². The number of aliphatic hydroxyl groups excluding tert-OH is 2. The van der Waals surface area contributed by atoms with Crippen LogP contribution in [0.2, 0.25) is 0 Å². The van der Waals surface area contributed by atoms with Crippen LogP contribution >= 0.6 is 0 Å². The van der Waals surface area contributed by atoms with E-state index < -0.39 is 6.10 Å². The van der Waals surface area contributed by atoms with Gasteiger partial charge in [-0.05, 0) is 69.7 Å². The third kappa shape index (κ3) is 5.71. The molecule has 3 heteroatoms. The van der Waals surface area contributed by atoms with E-state index in [2.05, 4.69) is 24.0 Å². The Morgan fingerprint density at radius 1 is 1.32 bits per heavy atom. The highest BCUT2D eigenvalue weighted by atomic mass is 16.3. The van der Waals surface area contributed by atoms with Crippen LogP contribution in [0.5, 0.6) is 0 Å². The first-order valence-electron chi connectivity index (χ1n) is 9.88. The van der Waals surface area contributed by atoms with Gasteiger partial charge in [0.1, 0.15) is 0 Å². The molecule has 4 N–H and O–H groups in total. The van der Waals surface area contributed by atoms with E-state index >= 15 is 0 Å². The van der Waals surface area contributed by atoms with Crippen molar-refractivity contribution in [2.75, 3.05) is 6.54 Å². The molecule has 0 aromatic rings. The molecular formula is C22H35NO2. The number of aliphatic hydroxyl groups is 2. The summed E-state index contributed by atoms with van der Waals surface area (Å²) >= 11 is 0. The van der Waals surface area contributed by atoms with Gasteiger partial charge in [-0.3, -0.25) is 0 Å². The van der Waals surface area contributed by atoms with Crippen LogP contribution in [0.4, 0.5) is 0 Å². The molecule has 0 aliphatic heterocycles. The Hall–Kier alpha value is -1.08. The second-order valence-corrected chi connectivity index (χ2v) is 7.84. The van der Waals surface area contributed by atoms with Crippen molar-refractivity contribution in [1.29, 1.82) is 0 Å². The number of unbranched alkanes of at least 4 members (excludes halogenated alkanes) is 2. The third-order valence-corrected chi connectivity index (χ3v) is 5.92. The second kappa shape index (κ2) is 10.2. The van der Waals surface area contributed by atoms with Gasteiger partial charge in [-0.2, -0.15) is 0 Å². The maximum absolute atomic E-state index is 10.4. The van der Waals surface area contributed by atoms with E-state index in [9.17, 15) is 10.2 Å². The van der Waals surface area contributed by atoms with Crippen molar-refractivity contribution >= 4 is 0 Å². The molecule has 2 aliphatic carbocycles. The maximum atomic E-state index is 10.4. The van der Waals surface area contributed by atoms with Gasteiger partial charge in [-0.1, -0.05) is 30.7 Å². The summed E-state index contributed by atoms with van der Waals surface area (Å²) in [4.78, 5) is 0. The van der Waals surface area contributed by atoms with Gasteiger partial charge < -0.3 is 15.9 Å². The summed E-state index contributed by atoms with van der Waals surface area (Å²) in [7, 11) is 0. The Labute approximate surface area is 153 Å². The highest BCUT2D eigenvalue weighted by Gasteiger charge is 2.44. The standard InChI is InChI=1S/C22H35NO2/c1-3-4-8-16(2)21(24)11-10-19-20-14-17(9-6-5-7-12-23)13-18(20)15-22(19)25/h9-11,16,18-22,24-25H,5-8,12-15,23H2,1-2H3/b11-10+,17-9+/t16-,18-,19+,20-,21+,22+/m0/s1. The monoisotopic (exact) mass is 345 g/mol. The van der Waals surface area contributed by atoms with Gasteiger partial charge in [-0.25, -0.2) is 0 Å². The second-order valence-electron chi connectivity index (χ2n) is 7.84. The maximum Gasteiger partial charge on any atom is 0.0755 e. The molecule has 0 unspecified atom stereocenters. The quantitative estimate of drug-likeness (QED) is 0.359. The number of nitrogens with two attached hydrogens (primary N) is 1. The minimum atomic E-state index is -0.486. The molecule has 0 spiro atoms. The van der Waals surface area contributed by atoms with Gasteiger partial charge in [-0.15, -0.1) is 11.8 Å². The topological polar surface area (TPSA) is 66.5 Å².